The molecule has 0 aliphatic heterocycles. The number of aryl methyl sites for hydroxylation is 1. The maximum atomic E-state index is 10.3. The first kappa shape index (κ1) is 10.7. The monoisotopic (exact) mass is 199 g/mol. The highest BCUT2D eigenvalue weighted by molar-refractivity contribution is 7.06. The highest BCUT2D eigenvalue weighted by atomic mass is 32.1. The fourth-order valence-electron chi connectivity index (χ4n) is 0.963. The lowest BCUT2D eigenvalue weighted by Gasteiger charge is -2.35. The molecule has 74 valence electrons. The van der Waals surface area contributed by atoms with E-state index in [1.165, 1.54) is 11.5 Å². The van der Waals surface area contributed by atoms with Crippen molar-refractivity contribution < 1.29 is 5.11 Å². The molecule has 3 heteroatoms. The summed E-state index contributed by atoms with van der Waals surface area (Å²) in [6, 6.07) is 1.95. The summed E-state index contributed by atoms with van der Waals surface area (Å²) in [5.41, 5.74) is 0.0229. The number of aromatic nitrogens is 1. The Morgan fingerprint density at radius 1 is 1.31 bits per heavy atom. The molecular weight excluding hydrogens is 182 g/mol. The number of hydrogen-bond acceptors (Lipinski definition) is 3. The first-order valence-electron chi connectivity index (χ1n) is 4.41. The van der Waals surface area contributed by atoms with Crippen molar-refractivity contribution in [2.24, 2.45) is 5.41 Å². The van der Waals surface area contributed by atoms with E-state index in [2.05, 4.69) is 4.37 Å². The Labute approximate surface area is 83.8 Å². The summed E-state index contributed by atoms with van der Waals surface area (Å²) in [4.78, 5) is 0.942. The molecule has 0 aliphatic rings. The van der Waals surface area contributed by atoms with Gasteiger partial charge in [0.15, 0.2) is 0 Å². The van der Waals surface area contributed by atoms with Gasteiger partial charge in [0.25, 0.3) is 0 Å². The molecule has 1 rings (SSSR count). The maximum absolute atomic E-state index is 10.3. The Hall–Kier alpha value is -0.410. The Morgan fingerprint density at radius 3 is 2.15 bits per heavy atom. The van der Waals surface area contributed by atoms with Gasteiger partial charge in [-0.25, -0.2) is 0 Å². The van der Waals surface area contributed by atoms with Gasteiger partial charge in [-0.3, -0.25) is 0 Å². The lowest BCUT2D eigenvalue weighted by atomic mass is 9.77. The van der Waals surface area contributed by atoms with Crippen LogP contribution in [0.5, 0.6) is 0 Å². The Morgan fingerprint density at radius 2 is 1.85 bits per heavy atom. The van der Waals surface area contributed by atoms with Crippen LogP contribution in [0.2, 0.25) is 0 Å². The van der Waals surface area contributed by atoms with E-state index in [0.717, 1.165) is 10.6 Å². The second-order valence-corrected chi connectivity index (χ2v) is 5.46. The largest absolute Gasteiger partial charge is 0.384 e. The van der Waals surface area contributed by atoms with Crippen molar-refractivity contribution in [3.63, 3.8) is 0 Å². The van der Waals surface area contributed by atoms with Crippen LogP contribution in [0.25, 0.3) is 0 Å². The van der Waals surface area contributed by atoms with Crippen LogP contribution in [0.4, 0.5) is 0 Å². The van der Waals surface area contributed by atoms with Gasteiger partial charge in [0.05, 0.1) is 10.6 Å². The smallest absolute Gasteiger partial charge is 0.102 e. The summed E-state index contributed by atoms with van der Waals surface area (Å²) >= 11 is 1.38. The van der Waals surface area contributed by atoms with Crippen molar-refractivity contribution in [3.8, 4) is 0 Å². The van der Waals surface area contributed by atoms with Gasteiger partial charge in [0.2, 0.25) is 0 Å². The number of nitrogens with zero attached hydrogens (tertiary/aromatic N) is 1. The quantitative estimate of drug-likeness (QED) is 0.754. The summed E-state index contributed by atoms with van der Waals surface area (Å²) in [6.45, 7) is 9.88. The number of hydrogen-bond donors (Lipinski definition) is 1. The van der Waals surface area contributed by atoms with Crippen LogP contribution in [-0.4, -0.2) is 9.48 Å². The molecule has 0 saturated heterocycles. The van der Waals surface area contributed by atoms with E-state index < -0.39 is 5.60 Å². The fraction of sp³-hybridized carbons (Fsp3) is 0.700. The zero-order valence-corrected chi connectivity index (χ0v) is 9.70. The summed E-state index contributed by atoms with van der Waals surface area (Å²) in [5, 5.41) is 10.3. The number of rotatable bonds is 1. The molecule has 0 aliphatic carbocycles. The third-order valence-electron chi connectivity index (χ3n) is 2.57. The molecule has 1 aromatic heterocycles. The number of aliphatic hydroxyl groups is 1. The van der Waals surface area contributed by atoms with Crippen LogP contribution in [0.15, 0.2) is 6.07 Å². The van der Waals surface area contributed by atoms with E-state index in [1.807, 2.05) is 40.7 Å². The van der Waals surface area contributed by atoms with E-state index in [1.54, 1.807) is 0 Å². The predicted octanol–water partition coefficient (Wildman–Crippen LogP) is 2.71. The van der Waals surface area contributed by atoms with Crippen molar-refractivity contribution in [1.29, 1.82) is 0 Å². The first-order chi connectivity index (χ1) is 5.75. The van der Waals surface area contributed by atoms with Crippen molar-refractivity contribution in [2.45, 2.75) is 40.2 Å². The maximum Gasteiger partial charge on any atom is 0.102 e. The molecule has 1 unspecified atom stereocenters. The summed E-state index contributed by atoms with van der Waals surface area (Å²) in [5.74, 6) is 0. The molecule has 1 atom stereocenters. The molecule has 1 aromatic rings. The van der Waals surface area contributed by atoms with Gasteiger partial charge in [0, 0.05) is 0 Å². The van der Waals surface area contributed by atoms with Crippen LogP contribution in [0, 0.1) is 12.3 Å². The third-order valence-corrected chi connectivity index (χ3v) is 3.66. The molecule has 0 radical (unpaired) electrons. The van der Waals surface area contributed by atoms with Gasteiger partial charge in [-0.05, 0) is 36.9 Å². The van der Waals surface area contributed by atoms with E-state index in [9.17, 15) is 5.11 Å². The van der Waals surface area contributed by atoms with Gasteiger partial charge in [0.1, 0.15) is 5.60 Å². The average molecular weight is 199 g/mol. The van der Waals surface area contributed by atoms with Crippen LogP contribution >= 0.6 is 11.5 Å². The van der Waals surface area contributed by atoms with Gasteiger partial charge >= 0.3 is 0 Å². The zero-order valence-electron chi connectivity index (χ0n) is 8.88. The molecular formula is C10H17NOS. The van der Waals surface area contributed by atoms with Crippen molar-refractivity contribution in [3.05, 3.63) is 16.6 Å². The van der Waals surface area contributed by atoms with Gasteiger partial charge in [-0.2, -0.15) is 4.37 Å². The molecule has 0 bridgehead atoms. The molecule has 1 heterocycles. The Kier molecular flexibility index (Phi) is 2.52. The molecule has 1 N–H and O–H groups in total. The second-order valence-electron chi connectivity index (χ2n) is 4.65. The third kappa shape index (κ3) is 1.92. The summed E-state index contributed by atoms with van der Waals surface area (Å²) in [7, 11) is 0. The average Bonchev–Trinajstić information content (AvgIpc) is 2.33. The minimum Gasteiger partial charge on any atom is -0.384 e. The second kappa shape index (κ2) is 3.07. The summed E-state index contributed by atoms with van der Waals surface area (Å²) < 4.78 is 4.18. The molecule has 0 spiro atoms. The molecule has 0 fully saturated rings. The normalized spacial score (nSPS) is 17.1. The van der Waals surface area contributed by atoms with Crippen molar-refractivity contribution >= 4 is 11.5 Å². The van der Waals surface area contributed by atoms with E-state index >= 15 is 0 Å². The minimum absolute atomic E-state index is 0.161. The molecule has 0 amide bonds. The van der Waals surface area contributed by atoms with Crippen LogP contribution in [0.1, 0.15) is 38.3 Å². The topological polar surface area (TPSA) is 33.1 Å². The minimum atomic E-state index is -0.793. The summed E-state index contributed by atoms with van der Waals surface area (Å²) in [6.07, 6.45) is 0. The van der Waals surface area contributed by atoms with Crippen LogP contribution < -0.4 is 0 Å². The lowest BCUT2D eigenvalue weighted by Crippen LogP contribution is -2.35. The Bertz CT molecular complexity index is 296. The Balaban J connectivity index is 3.07. The van der Waals surface area contributed by atoms with Gasteiger partial charge in [-0.1, -0.05) is 20.8 Å². The van der Waals surface area contributed by atoms with Gasteiger partial charge < -0.3 is 5.11 Å². The van der Waals surface area contributed by atoms with Crippen LogP contribution in [0.3, 0.4) is 0 Å². The van der Waals surface area contributed by atoms with E-state index in [-0.39, 0.29) is 5.41 Å². The molecule has 0 aromatic carbocycles. The molecule has 2 nitrogen and oxygen atoms in total. The van der Waals surface area contributed by atoms with Gasteiger partial charge in [-0.15, -0.1) is 0 Å². The van der Waals surface area contributed by atoms with E-state index in [0.29, 0.717) is 0 Å². The highest BCUT2D eigenvalue weighted by Crippen LogP contribution is 2.40. The van der Waals surface area contributed by atoms with Crippen molar-refractivity contribution in [2.75, 3.05) is 0 Å². The lowest BCUT2D eigenvalue weighted by molar-refractivity contribution is -0.0438. The van der Waals surface area contributed by atoms with E-state index in [4.69, 9.17) is 0 Å². The standard InChI is InChI=1S/C10H17NOS/c1-7-6-8(13-11-7)10(5,12)9(2,3)4/h6,12H,1-5H3. The molecule has 13 heavy (non-hydrogen) atoms. The van der Waals surface area contributed by atoms with Crippen molar-refractivity contribution in [1.82, 2.24) is 4.37 Å². The highest BCUT2D eigenvalue weighted by Gasteiger charge is 2.38. The molecule has 0 saturated carbocycles. The van der Waals surface area contributed by atoms with Crippen LogP contribution in [-0.2, 0) is 5.60 Å². The first-order valence-corrected chi connectivity index (χ1v) is 5.18. The SMILES string of the molecule is Cc1cc(C(C)(O)C(C)(C)C)sn1. The predicted molar refractivity (Wildman–Crippen MR) is 55.9 cm³/mol. The zero-order chi connectivity index (χ0) is 10.3. The fourth-order valence-corrected chi connectivity index (χ4v) is 1.96.